The van der Waals surface area contributed by atoms with Gasteiger partial charge in [-0.05, 0) is 35.7 Å². The molecule has 2 aromatic heterocycles. The van der Waals surface area contributed by atoms with Gasteiger partial charge in [0.05, 0.1) is 6.54 Å². The Bertz CT molecular complexity index is 923. The largest absolute Gasteiger partial charge is 0.456 e. The summed E-state index contributed by atoms with van der Waals surface area (Å²) in [6, 6.07) is 16.2. The van der Waals surface area contributed by atoms with E-state index in [2.05, 4.69) is 17.4 Å². The number of nitrogens with two attached hydrogens (primary N) is 1. The van der Waals surface area contributed by atoms with Gasteiger partial charge in [0.2, 0.25) is 0 Å². The fraction of sp³-hybridized carbons (Fsp3) is 0.0588. The van der Waals surface area contributed by atoms with Gasteiger partial charge >= 0.3 is 0 Å². The summed E-state index contributed by atoms with van der Waals surface area (Å²) < 4.78 is 5.83. The van der Waals surface area contributed by atoms with Crippen LogP contribution in [0.3, 0.4) is 0 Å². The molecule has 0 unspecified atom stereocenters. The molecule has 104 valence electrons. The summed E-state index contributed by atoms with van der Waals surface area (Å²) >= 11 is 1.67. The molecule has 0 spiro atoms. The van der Waals surface area contributed by atoms with E-state index in [1.807, 2.05) is 41.8 Å². The first-order valence-corrected chi connectivity index (χ1v) is 7.66. The summed E-state index contributed by atoms with van der Waals surface area (Å²) in [6.07, 6.45) is 0. The summed E-state index contributed by atoms with van der Waals surface area (Å²) in [5, 5.41) is 7.72. The van der Waals surface area contributed by atoms with Gasteiger partial charge in [-0.2, -0.15) is 0 Å². The Balaban J connectivity index is 1.69. The highest BCUT2D eigenvalue weighted by Crippen LogP contribution is 2.31. The molecule has 0 amide bonds. The van der Waals surface area contributed by atoms with Crippen molar-refractivity contribution in [3.8, 4) is 0 Å². The number of furan rings is 1. The molecule has 21 heavy (non-hydrogen) atoms. The third kappa shape index (κ3) is 2.14. The van der Waals surface area contributed by atoms with Crippen molar-refractivity contribution < 1.29 is 4.42 Å². The van der Waals surface area contributed by atoms with Crippen LogP contribution in [0.1, 0.15) is 4.88 Å². The monoisotopic (exact) mass is 294 g/mol. The number of thiophene rings is 1. The Kier molecular flexibility index (Phi) is 2.82. The van der Waals surface area contributed by atoms with E-state index in [9.17, 15) is 0 Å². The zero-order chi connectivity index (χ0) is 14.2. The number of nitrogen functional groups attached to an aromatic ring is 1. The van der Waals surface area contributed by atoms with E-state index in [1.165, 1.54) is 0 Å². The van der Waals surface area contributed by atoms with Gasteiger partial charge in [0.25, 0.3) is 0 Å². The molecular weight excluding hydrogens is 280 g/mol. The van der Waals surface area contributed by atoms with Crippen LogP contribution >= 0.6 is 11.3 Å². The maximum absolute atomic E-state index is 5.91. The predicted molar refractivity (Wildman–Crippen MR) is 89.8 cm³/mol. The van der Waals surface area contributed by atoms with Crippen LogP contribution in [-0.4, -0.2) is 0 Å². The molecule has 0 saturated carbocycles. The zero-order valence-electron chi connectivity index (χ0n) is 11.3. The fourth-order valence-corrected chi connectivity index (χ4v) is 3.25. The van der Waals surface area contributed by atoms with Crippen molar-refractivity contribution in [3.05, 3.63) is 58.8 Å². The standard InChI is InChI=1S/C17H14N2OS/c18-14-7-8-21-17(14)10-19-11-5-6-16-13(9-11)12-3-1-2-4-15(12)20-16/h1-9,19H,10,18H2. The average molecular weight is 294 g/mol. The van der Waals surface area contributed by atoms with Crippen LogP contribution < -0.4 is 11.1 Å². The quantitative estimate of drug-likeness (QED) is 0.568. The molecule has 2 heterocycles. The lowest BCUT2D eigenvalue weighted by atomic mass is 10.1. The van der Waals surface area contributed by atoms with Crippen molar-refractivity contribution >= 4 is 44.7 Å². The third-order valence-electron chi connectivity index (χ3n) is 3.61. The SMILES string of the molecule is Nc1ccsc1CNc1ccc2oc3ccccc3c2c1. The summed E-state index contributed by atoms with van der Waals surface area (Å²) in [5.41, 5.74) is 9.67. The fourth-order valence-electron chi connectivity index (χ4n) is 2.51. The Morgan fingerprint density at radius 3 is 2.71 bits per heavy atom. The second kappa shape index (κ2) is 4.82. The first-order valence-electron chi connectivity index (χ1n) is 6.78. The van der Waals surface area contributed by atoms with E-state index >= 15 is 0 Å². The van der Waals surface area contributed by atoms with Crippen LogP contribution in [0, 0.1) is 0 Å². The molecule has 3 N–H and O–H groups in total. The van der Waals surface area contributed by atoms with Crippen LogP contribution in [0.25, 0.3) is 21.9 Å². The number of para-hydroxylation sites is 1. The molecule has 0 radical (unpaired) electrons. The van der Waals surface area contributed by atoms with Crippen LogP contribution in [-0.2, 0) is 6.54 Å². The molecule has 0 fully saturated rings. The molecule has 0 aliphatic heterocycles. The number of hydrogen-bond donors (Lipinski definition) is 2. The second-order valence-electron chi connectivity index (χ2n) is 4.96. The van der Waals surface area contributed by atoms with E-state index in [-0.39, 0.29) is 0 Å². The third-order valence-corrected chi connectivity index (χ3v) is 4.55. The molecule has 2 aromatic carbocycles. The van der Waals surface area contributed by atoms with Crippen molar-refractivity contribution in [2.45, 2.75) is 6.54 Å². The van der Waals surface area contributed by atoms with Gasteiger partial charge in [-0.3, -0.25) is 0 Å². The molecule has 4 heteroatoms. The van der Waals surface area contributed by atoms with Gasteiger partial charge in [-0.25, -0.2) is 0 Å². The molecule has 3 nitrogen and oxygen atoms in total. The normalized spacial score (nSPS) is 11.2. The molecule has 4 aromatic rings. The summed E-state index contributed by atoms with van der Waals surface area (Å²) in [4.78, 5) is 1.16. The van der Waals surface area contributed by atoms with E-state index in [0.29, 0.717) is 0 Å². The summed E-state index contributed by atoms with van der Waals surface area (Å²) in [7, 11) is 0. The first-order chi connectivity index (χ1) is 10.3. The highest BCUT2D eigenvalue weighted by molar-refractivity contribution is 7.10. The second-order valence-corrected chi connectivity index (χ2v) is 5.96. The molecule has 4 rings (SSSR count). The highest BCUT2D eigenvalue weighted by Gasteiger charge is 2.07. The van der Waals surface area contributed by atoms with Gasteiger partial charge < -0.3 is 15.5 Å². The molecule has 0 aliphatic carbocycles. The van der Waals surface area contributed by atoms with Crippen LogP contribution in [0.2, 0.25) is 0 Å². The molecule has 0 bridgehead atoms. The van der Waals surface area contributed by atoms with Gasteiger partial charge in [0.15, 0.2) is 0 Å². The van der Waals surface area contributed by atoms with Crippen LogP contribution in [0.4, 0.5) is 11.4 Å². The van der Waals surface area contributed by atoms with Crippen molar-refractivity contribution in [2.24, 2.45) is 0 Å². The lowest BCUT2D eigenvalue weighted by Crippen LogP contribution is -1.99. The van der Waals surface area contributed by atoms with E-state index in [4.69, 9.17) is 10.2 Å². The minimum Gasteiger partial charge on any atom is -0.456 e. The minimum atomic E-state index is 0.741. The lowest BCUT2D eigenvalue weighted by Gasteiger charge is -2.05. The van der Waals surface area contributed by atoms with Gasteiger partial charge in [-0.1, -0.05) is 18.2 Å². The van der Waals surface area contributed by atoms with Crippen LogP contribution in [0.15, 0.2) is 58.3 Å². The molecular formula is C17H14N2OS. The Morgan fingerprint density at radius 1 is 1.00 bits per heavy atom. The Hall–Kier alpha value is -2.46. The van der Waals surface area contributed by atoms with Crippen molar-refractivity contribution in [1.82, 2.24) is 0 Å². The first kappa shape index (κ1) is 12.3. The maximum Gasteiger partial charge on any atom is 0.135 e. The lowest BCUT2D eigenvalue weighted by molar-refractivity contribution is 0.669. The smallest absolute Gasteiger partial charge is 0.135 e. The van der Waals surface area contributed by atoms with Crippen molar-refractivity contribution in [1.29, 1.82) is 0 Å². The average Bonchev–Trinajstić information content (AvgIpc) is 3.08. The number of rotatable bonds is 3. The number of benzene rings is 2. The summed E-state index contributed by atoms with van der Waals surface area (Å²) in [5.74, 6) is 0. The number of hydrogen-bond acceptors (Lipinski definition) is 4. The van der Waals surface area contributed by atoms with Crippen LogP contribution in [0.5, 0.6) is 0 Å². The van der Waals surface area contributed by atoms with Gasteiger partial charge in [0, 0.05) is 27.0 Å². The van der Waals surface area contributed by atoms with E-state index in [0.717, 1.165) is 44.7 Å². The summed E-state index contributed by atoms with van der Waals surface area (Å²) in [6.45, 7) is 0.741. The van der Waals surface area contributed by atoms with E-state index in [1.54, 1.807) is 11.3 Å². The molecule has 0 saturated heterocycles. The number of nitrogens with one attached hydrogen (secondary N) is 1. The molecule has 0 aliphatic rings. The predicted octanol–water partition coefficient (Wildman–Crippen LogP) is 4.84. The van der Waals surface area contributed by atoms with Crippen molar-refractivity contribution in [2.75, 3.05) is 11.1 Å². The Morgan fingerprint density at radius 2 is 1.86 bits per heavy atom. The number of anilines is 2. The van der Waals surface area contributed by atoms with Crippen molar-refractivity contribution in [3.63, 3.8) is 0 Å². The topological polar surface area (TPSA) is 51.2 Å². The van der Waals surface area contributed by atoms with Gasteiger partial charge in [0.1, 0.15) is 11.2 Å². The number of fused-ring (bicyclic) bond motifs is 3. The minimum absolute atomic E-state index is 0.741. The molecule has 0 atom stereocenters. The Labute approximate surface area is 126 Å². The maximum atomic E-state index is 5.91. The van der Waals surface area contributed by atoms with E-state index < -0.39 is 0 Å². The highest BCUT2D eigenvalue weighted by atomic mass is 32.1. The zero-order valence-corrected chi connectivity index (χ0v) is 12.1. The van der Waals surface area contributed by atoms with Gasteiger partial charge in [-0.15, -0.1) is 11.3 Å².